The lowest BCUT2D eigenvalue weighted by molar-refractivity contribution is -0.152. The minimum atomic E-state index is -1.13. The minimum absolute atomic E-state index is 0.260. The van der Waals surface area contributed by atoms with Gasteiger partial charge in [-0.2, -0.15) is 0 Å². The quantitative estimate of drug-likeness (QED) is 0.276. The van der Waals surface area contributed by atoms with Crippen LogP contribution in [0.2, 0.25) is 0 Å². The van der Waals surface area contributed by atoms with Crippen LogP contribution >= 0.6 is 0 Å². The Hall–Kier alpha value is -4.38. The highest BCUT2D eigenvalue weighted by Crippen LogP contribution is 2.45. The van der Waals surface area contributed by atoms with Gasteiger partial charge in [-0.25, -0.2) is 4.79 Å². The van der Waals surface area contributed by atoms with E-state index >= 15 is 0 Å². The number of likely N-dealkylation sites (N-methyl/N-ethyl adjacent to an activating group) is 1. The maximum atomic E-state index is 14.6. The summed E-state index contributed by atoms with van der Waals surface area (Å²) in [7, 11) is 1.60. The van der Waals surface area contributed by atoms with E-state index in [1.165, 1.54) is 4.90 Å². The summed E-state index contributed by atoms with van der Waals surface area (Å²) in [6.45, 7) is 3.65. The lowest BCUT2D eigenvalue weighted by Crippen LogP contribution is -2.53. The first-order valence-corrected chi connectivity index (χ1v) is 13.3. The fraction of sp³-hybridized carbons (Fsp3) is 0.235. The van der Waals surface area contributed by atoms with Crippen LogP contribution in [0.15, 0.2) is 108 Å². The Morgan fingerprint density at radius 2 is 1.59 bits per heavy atom. The normalized spacial score (nSPS) is 17.7. The number of para-hydroxylation sites is 1. The highest BCUT2D eigenvalue weighted by Gasteiger charge is 2.47. The van der Waals surface area contributed by atoms with Crippen LogP contribution in [0.25, 0.3) is 16.5 Å². The molecule has 4 aromatic rings. The number of carboxylic acids is 1. The van der Waals surface area contributed by atoms with Gasteiger partial charge in [-0.15, -0.1) is 0 Å². The maximum absolute atomic E-state index is 14.6. The predicted octanol–water partition coefficient (Wildman–Crippen LogP) is 6.87. The zero-order valence-corrected chi connectivity index (χ0v) is 22.5. The van der Waals surface area contributed by atoms with Crippen LogP contribution in [-0.2, 0) is 21.4 Å². The summed E-state index contributed by atoms with van der Waals surface area (Å²) in [6, 6.07) is 26.9. The molecule has 0 saturated carbocycles. The Balaban J connectivity index is 1.70. The molecular weight excluding hydrogens is 486 g/mol. The van der Waals surface area contributed by atoms with Crippen LogP contribution < -0.4 is 0 Å². The van der Waals surface area contributed by atoms with Gasteiger partial charge in [0.15, 0.2) is 0 Å². The van der Waals surface area contributed by atoms with E-state index in [1.54, 1.807) is 7.05 Å². The van der Waals surface area contributed by atoms with Crippen LogP contribution in [0.1, 0.15) is 42.7 Å². The van der Waals surface area contributed by atoms with E-state index in [4.69, 9.17) is 4.42 Å². The second kappa shape index (κ2) is 10.8. The van der Waals surface area contributed by atoms with Crippen LogP contribution in [0.4, 0.5) is 0 Å². The average Bonchev–Trinajstić information content (AvgIpc) is 3.31. The number of carbonyl (C=O) groups excluding carboxylic acids is 1. The fourth-order valence-electron chi connectivity index (χ4n) is 5.76. The molecule has 5 rings (SSSR count). The molecule has 5 heteroatoms. The minimum Gasteiger partial charge on any atom is -0.480 e. The molecule has 0 spiro atoms. The van der Waals surface area contributed by atoms with Crippen molar-refractivity contribution >= 4 is 28.4 Å². The van der Waals surface area contributed by atoms with Crippen molar-refractivity contribution in [1.82, 2.24) is 4.90 Å². The Kier molecular flexibility index (Phi) is 7.25. The first-order valence-electron chi connectivity index (χ1n) is 13.3. The predicted molar refractivity (Wildman–Crippen MR) is 154 cm³/mol. The van der Waals surface area contributed by atoms with E-state index in [2.05, 4.69) is 6.08 Å². The van der Waals surface area contributed by atoms with E-state index in [1.807, 2.05) is 111 Å². The number of allylic oxidation sites excluding steroid dienone is 3. The molecule has 1 heterocycles. The standard InChI is InChI=1S/C34H33NO4/c1-23(2)31(32(36)37)35(3)33(38)34(20-18-26(19-21-34)25-14-8-5-9-15-25)30-27-16-10-11-17-28(27)39-29(30)22-24-12-6-4-7-13-24/h4-20,23,31H,21-22H2,1-3H3,(H,36,37)/t31-,34?/m0/s1. The van der Waals surface area contributed by atoms with E-state index in [0.29, 0.717) is 24.2 Å². The Morgan fingerprint density at radius 3 is 2.21 bits per heavy atom. The molecule has 0 radical (unpaired) electrons. The first kappa shape index (κ1) is 26.2. The van der Waals surface area contributed by atoms with E-state index in [-0.39, 0.29) is 11.8 Å². The van der Waals surface area contributed by atoms with Crippen molar-refractivity contribution in [2.75, 3.05) is 7.05 Å². The first-order chi connectivity index (χ1) is 18.8. The van der Waals surface area contributed by atoms with Gasteiger partial charge in [0.05, 0.1) is 5.41 Å². The van der Waals surface area contributed by atoms with Crippen molar-refractivity contribution < 1.29 is 19.1 Å². The molecule has 1 aliphatic carbocycles. The van der Waals surface area contributed by atoms with Crippen molar-refractivity contribution in [3.05, 3.63) is 126 Å². The Morgan fingerprint density at radius 1 is 0.949 bits per heavy atom. The number of amides is 1. The number of benzene rings is 3. The smallest absolute Gasteiger partial charge is 0.326 e. The summed E-state index contributed by atoms with van der Waals surface area (Å²) in [5, 5.41) is 10.9. The highest BCUT2D eigenvalue weighted by atomic mass is 16.4. The second-order valence-electron chi connectivity index (χ2n) is 10.5. The van der Waals surface area contributed by atoms with Crippen molar-refractivity contribution in [2.24, 2.45) is 5.92 Å². The van der Waals surface area contributed by atoms with Crippen LogP contribution in [0, 0.1) is 5.92 Å². The number of carboxylic acid groups (broad SMARTS) is 1. The van der Waals surface area contributed by atoms with Crippen LogP contribution in [-0.4, -0.2) is 35.0 Å². The molecule has 0 bridgehead atoms. The van der Waals surface area contributed by atoms with Crippen molar-refractivity contribution in [2.45, 2.75) is 38.1 Å². The van der Waals surface area contributed by atoms with Gasteiger partial charge in [0.2, 0.25) is 5.91 Å². The average molecular weight is 520 g/mol. The number of nitrogens with zero attached hydrogens (tertiary/aromatic N) is 1. The molecule has 3 aromatic carbocycles. The summed E-state index contributed by atoms with van der Waals surface area (Å²) in [6.07, 6.45) is 6.93. The molecule has 1 aromatic heterocycles. The molecule has 2 atom stereocenters. The molecule has 5 nitrogen and oxygen atoms in total. The molecule has 1 unspecified atom stereocenters. The third-order valence-electron chi connectivity index (χ3n) is 7.62. The molecule has 1 N–H and O–H groups in total. The summed E-state index contributed by atoms with van der Waals surface area (Å²) >= 11 is 0. The zero-order valence-electron chi connectivity index (χ0n) is 22.5. The third-order valence-corrected chi connectivity index (χ3v) is 7.62. The fourth-order valence-corrected chi connectivity index (χ4v) is 5.76. The number of aliphatic carboxylic acids is 1. The van der Waals surface area contributed by atoms with Crippen molar-refractivity contribution in [3.63, 3.8) is 0 Å². The topological polar surface area (TPSA) is 70.8 Å². The summed E-state index contributed by atoms with van der Waals surface area (Å²) in [4.78, 5) is 28.3. The molecular formula is C34H33NO4. The number of rotatable bonds is 8. The van der Waals surface area contributed by atoms with Gasteiger partial charge >= 0.3 is 5.97 Å². The Bertz CT molecular complexity index is 1550. The zero-order chi connectivity index (χ0) is 27.6. The lowest BCUT2D eigenvalue weighted by Gasteiger charge is -2.38. The van der Waals surface area contributed by atoms with E-state index < -0.39 is 17.4 Å². The third kappa shape index (κ3) is 4.92. The van der Waals surface area contributed by atoms with Gasteiger partial charge < -0.3 is 14.4 Å². The second-order valence-corrected chi connectivity index (χ2v) is 10.5. The van der Waals surface area contributed by atoms with Gasteiger partial charge in [-0.05, 0) is 35.1 Å². The summed E-state index contributed by atoms with van der Waals surface area (Å²) in [5.41, 5.74) is 3.53. The largest absolute Gasteiger partial charge is 0.480 e. The SMILES string of the molecule is CC(C)[C@@H](C(=O)O)N(C)C(=O)C1(c2c(Cc3ccccc3)oc3ccccc23)C=CC(c2ccccc2)=CC1. The molecule has 198 valence electrons. The van der Waals surface area contributed by atoms with Crippen LogP contribution in [0.5, 0.6) is 0 Å². The molecule has 1 amide bonds. The number of hydrogen-bond acceptors (Lipinski definition) is 3. The number of carbonyl (C=O) groups is 2. The molecule has 0 aliphatic heterocycles. The number of hydrogen-bond donors (Lipinski definition) is 1. The molecule has 0 saturated heterocycles. The Labute approximate surface area is 229 Å². The van der Waals surface area contributed by atoms with Crippen molar-refractivity contribution in [1.29, 1.82) is 0 Å². The number of furan rings is 1. The molecule has 39 heavy (non-hydrogen) atoms. The maximum Gasteiger partial charge on any atom is 0.326 e. The number of fused-ring (bicyclic) bond motifs is 1. The van der Waals surface area contributed by atoms with Crippen molar-refractivity contribution in [3.8, 4) is 0 Å². The van der Waals surface area contributed by atoms with Gasteiger partial charge in [-0.3, -0.25) is 4.79 Å². The van der Waals surface area contributed by atoms with Gasteiger partial charge in [0, 0.05) is 24.4 Å². The molecule has 0 fully saturated rings. The van der Waals surface area contributed by atoms with Gasteiger partial charge in [0.1, 0.15) is 17.4 Å². The van der Waals surface area contributed by atoms with E-state index in [9.17, 15) is 14.7 Å². The highest BCUT2D eigenvalue weighted by molar-refractivity contribution is 6.00. The van der Waals surface area contributed by atoms with Gasteiger partial charge in [-0.1, -0.05) is 111 Å². The van der Waals surface area contributed by atoms with Crippen LogP contribution in [0.3, 0.4) is 0 Å². The van der Waals surface area contributed by atoms with E-state index in [0.717, 1.165) is 27.6 Å². The monoisotopic (exact) mass is 519 g/mol. The van der Waals surface area contributed by atoms with Gasteiger partial charge in [0.25, 0.3) is 0 Å². The summed E-state index contributed by atoms with van der Waals surface area (Å²) in [5.74, 6) is -0.829. The summed E-state index contributed by atoms with van der Waals surface area (Å²) < 4.78 is 6.44. The lowest BCUT2D eigenvalue weighted by atomic mass is 9.70. The molecule has 1 aliphatic rings.